The Balaban J connectivity index is 1.51. The minimum Gasteiger partial charge on any atom is -0.346 e. The van der Waals surface area contributed by atoms with Crippen LogP contribution in [0.3, 0.4) is 0 Å². The van der Waals surface area contributed by atoms with E-state index in [0.717, 1.165) is 12.1 Å². The molecule has 2 heterocycles. The molecule has 0 fully saturated rings. The van der Waals surface area contributed by atoms with Gasteiger partial charge in [0, 0.05) is 18.0 Å². The molecule has 0 radical (unpaired) electrons. The summed E-state index contributed by atoms with van der Waals surface area (Å²) in [6, 6.07) is 19.9. The van der Waals surface area contributed by atoms with Crippen LogP contribution >= 0.6 is 0 Å². The second kappa shape index (κ2) is 10.2. The zero-order chi connectivity index (χ0) is 24.8. The zero-order valence-corrected chi connectivity index (χ0v) is 18.2. The fourth-order valence-corrected chi connectivity index (χ4v) is 3.34. The summed E-state index contributed by atoms with van der Waals surface area (Å²) < 4.78 is 39.9. The van der Waals surface area contributed by atoms with Crippen LogP contribution in [0, 0.1) is 0 Å². The SMILES string of the molecule is O=C(NCc1ccccn1)c1ccc(NC(=O)c2cc(C(F)(F)F)ccc2-c2ccccc2)nc1. The predicted octanol–water partition coefficient (Wildman–Crippen LogP) is 5.34. The van der Waals surface area contributed by atoms with Crippen molar-refractivity contribution in [3.05, 3.63) is 114 Å². The minimum absolute atomic E-state index is 0.0905. The maximum atomic E-state index is 13.3. The lowest BCUT2D eigenvalue weighted by atomic mass is 9.96. The summed E-state index contributed by atoms with van der Waals surface area (Å²) in [7, 11) is 0. The van der Waals surface area contributed by atoms with Crippen molar-refractivity contribution in [1.29, 1.82) is 0 Å². The van der Waals surface area contributed by atoms with Crippen molar-refractivity contribution in [1.82, 2.24) is 15.3 Å². The van der Waals surface area contributed by atoms with Crippen LogP contribution in [0.2, 0.25) is 0 Å². The van der Waals surface area contributed by atoms with E-state index >= 15 is 0 Å². The van der Waals surface area contributed by atoms with Crippen molar-refractivity contribution >= 4 is 17.6 Å². The van der Waals surface area contributed by atoms with E-state index in [1.807, 2.05) is 0 Å². The normalized spacial score (nSPS) is 11.1. The van der Waals surface area contributed by atoms with Crippen molar-refractivity contribution in [2.24, 2.45) is 0 Å². The second-order valence-corrected chi connectivity index (χ2v) is 7.51. The van der Waals surface area contributed by atoms with E-state index in [9.17, 15) is 22.8 Å². The number of nitrogens with one attached hydrogen (secondary N) is 2. The second-order valence-electron chi connectivity index (χ2n) is 7.51. The average molecular weight is 476 g/mol. The number of nitrogens with zero attached hydrogens (tertiary/aromatic N) is 2. The number of carbonyl (C=O) groups excluding carboxylic acids is 2. The number of hydrogen-bond donors (Lipinski definition) is 2. The quantitative estimate of drug-likeness (QED) is 0.393. The molecule has 0 aliphatic carbocycles. The summed E-state index contributed by atoms with van der Waals surface area (Å²) in [5.41, 5.74) is 0.803. The summed E-state index contributed by atoms with van der Waals surface area (Å²) >= 11 is 0. The van der Waals surface area contributed by atoms with Crippen molar-refractivity contribution in [2.75, 3.05) is 5.32 Å². The molecule has 0 saturated heterocycles. The number of rotatable bonds is 6. The first kappa shape index (κ1) is 23.6. The van der Waals surface area contributed by atoms with Crippen LogP contribution in [0.25, 0.3) is 11.1 Å². The van der Waals surface area contributed by atoms with Crippen molar-refractivity contribution in [3.63, 3.8) is 0 Å². The molecular formula is C26H19F3N4O2. The van der Waals surface area contributed by atoms with Crippen molar-refractivity contribution in [3.8, 4) is 11.1 Å². The molecule has 0 aliphatic rings. The third-order valence-corrected chi connectivity index (χ3v) is 5.10. The summed E-state index contributed by atoms with van der Waals surface area (Å²) in [6.45, 7) is 0.232. The van der Waals surface area contributed by atoms with Gasteiger partial charge in [0.25, 0.3) is 11.8 Å². The van der Waals surface area contributed by atoms with Gasteiger partial charge in [0.15, 0.2) is 0 Å². The smallest absolute Gasteiger partial charge is 0.346 e. The van der Waals surface area contributed by atoms with Crippen LogP contribution in [0.5, 0.6) is 0 Å². The summed E-state index contributed by atoms with van der Waals surface area (Å²) in [6.07, 6.45) is -1.71. The standard InChI is InChI=1S/C26H19F3N4O2/c27-26(28,29)19-10-11-21(17-6-2-1-3-7-17)22(14-19)25(35)33-23-12-9-18(15-31-23)24(34)32-16-20-8-4-5-13-30-20/h1-15H,16H2,(H,32,34)(H,31,33,35). The fraction of sp³-hybridized carbons (Fsp3) is 0.0769. The van der Waals surface area contributed by atoms with E-state index in [4.69, 9.17) is 0 Å². The Morgan fingerprint density at radius 2 is 1.60 bits per heavy atom. The number of aromatic nitrogens is 2. The van der Waals surface area contributed by atoms with Crippen LogP contribution in [0.15, 0.2) is 91.3 Å². The summed E-state index contributed by atoms with van der Waals surface area (Å²) in [5, 5.41) is 5.22. The molecule has 2 N–H and O–H groups in total. The van der Waals surface area contributed by atoms with E-state index in [2.05, 4.69) is 20.6 Å². The molecular weight excluding hydrogens is 457 g/mol. The number of halogens is 3. The van der Waals surface area contributed by atoms with Gasteiger partial charge in [-0.1, -0.05) is 42.5 Å². The summed E-state index contributed by atoms with van der Waals surface area (Å²) in [5.74, 6) is -1.05. The Morgan fingerprint density at radius 3 is 2.26 bits per heavy atom. The molecule has 0 unspecified atom stereocenters. The van der Waals surface area contributed by atoms with Crippen LogP contribution in [0.4, 0.5) is 19.0 Å². The van der Waals surface area contributed by atoms with Gasteiger partial charge < -0.3 is 10.6 Å². The van der Waals surface area contributed by atoms with E-state index in [1.54, 1.807) is 54.7 Å². The Kier molecular flexibility index (Phi) is 6.86. The first-order valence-corrected chi connectivity index (χ1v) is 10.5. The molecule has 35 heavy (non-hydrogen) atoms. The van der Waals surface area contributed by atoms with E-state index in [1.165, 1.54) is 24.4 Å². The lowest BCUT2D eigenvalue weighted by Gasteiger charge is -2.14. The first-order valence-electron chi connectivity index (χ1n) is 10.5. The van der Waals surface area contributed by atoms with Gasteiger partial charge in [-0.2, -0.15) is 13.2 Å². The Hall–Kier alpha value is -4.53. The summed E-state index contributed by atoms with van der Waals surface area (Å²) in [4.78, 5) is 33.5. The van der Waals surface area contributed by atoms with Crippen molar-refractivity contribution in [2.45, 2.75) is 12.7 Å². The Morgan fingerprint density at radius 1 is 0.829 bits per heavy atom. The molecule has 0 bridgehead atoms. The largest absolute Gasteiger partial charge is 0.416 e. The van der Waals surface area contributed by atoms with Gasteiger partial charge in [0.05, 0.1) is 23.4 Å². The lowest BCUT2D eigenvalue weighted by Crippen LogP contribution is -2.23. The molecule has 0 aliphatic heterocycles. The van der Waals surface area contributed by atoms with Gasteiger partial charge in [-0.05, 0) is 47.5 Å². The Labute approximate surface area is 198 Å². The lowest BCUT2D eigenvalue weighted by molar-refractivity contribution is -0.137. The van der Waals surface area contributed by atoms with Gasteiger partial charge in [0.1, 0.15) is 5.82 Å². The van der Waals surface area contributed by atoms with E-state index in [-0.39, 0.29) is 29.4 Å². The van der Waals surface area contributed by atoms with Crippen LogP contribution in [-0.2, 0) is 12.7 Å². The maximum Gasteiger partial charge on any atom is 0.416 e. The number of hydrogen-bond acceptors (Lipinski definition) is 4. The van der Waals surface area contributed by atoms with Crippen LogP contribution in [0.1, 0.15) is 32.0 Å². The average Bonchev–Trinajstić information content (AvgIpc) is 2.88. The molecule has 9 heteroatoms. The van der Waals surface area contributed by atoms with Crippen molar-refractivity contribution < 1.29 is 22.8 Å². The third kappa shape index (κ3) is 5.89. The molecule has 2 amide bonds. The van der Waals surface area contributed by atoms with Gasteiger partial charge in [-0.25, -0.2) is 4.98 Å². The maximum absolute atomic E-state index is 13.3. The molecule has 2 aromatic heterocycles. The van der Waals surface area contributed by atoms with Gasteiger partial charge >= 0.3 is 6.18 Å². The highest BCUT2D eigenvalue weighted by Gasteiger charge is 2.32. The number of pyridine rings is 2. The monoisotopic (exact) mass is 476 g/mol. The highest BCUT2D eigenvalue weighted by molar-refractivity contribution is 6.08. The van der Waals surface area contributed by atoms with E-state index in [0.29, 0.717) is 16.8 Å². The van der Waals surface area contributed by atoms with E-state index < -0.39 is 17.6 Å². The number of anilines is 1. The topological polar surface area (TPSA) is 84.0 Å². The number of benzene rings is 2. The highest BCUT2D eigenvalue weighted by Crippen LogP contribution is 2.33. The van der Waals surface area contributed by atoms with Crippen LogP contribution < -0.4 is 10.6 Å². The van der Waals surface area contributed by atoms with Gasteiger partial charge in [-0.15, -0.1) is 0 Å². The molecule has 2 aromatic carbocycles. The molecule has 6 nitrogen and oxygen atoms in total. The third-order valence-electron chi connectivity index (χ3n) is 5.10. The predicted molar refractivity (Wildman–Crippen MR) is 124 cm³/mol. The molecule has 0 saturated carbocycles. The molecule has 0 spiro atoms. The Bertz CT molecular complexity index is 1330. The minimum atomic E-state index is -4.60. The highest BCUT2D eigenvalue weighted by atomic mass is 19.4. The number of alkyl halides is 3. The zero-order valence-electron chi connectivity index (χ0n) is 18.2. The fourth-order valence-electron chi connectivity index (χ4n) is 3.34. The first-order chi connectivity index (χ1) is 16.8. The molecule has 176 valence electrons. The molecule has 4 rings (SSSR count). The van der Waals surface area contributed by atoms with Crippen LogP contribution in [-0.4, -0.2) is 21.8 Å². The van der Waals surface area contributed by atoms with Gasteiger partial charge in [-0.3, -0.25) is 14.6 Å². The molecule has 4 aromatic rings. The number of amides is 2. The molecule has 0 atom stereocenters. The number of carbonyl (C=O) groups is 2. The van der Waals surface area contributed by atoms with Gasteiger partial charge in [0.2, 0.25) is 0 Å².